The summed E-state index contributed by atoms with van der Waals surface area (Å²) in [5.41, 5.74) is 0.816. The molecule has 1 aromatic heterocycles. The van der Waals surface area contributed by atoms with Crippen LogP contribution in [0.4, 0.5) is 0 Å². The van der Waals surface area contributed by atoms with E-state index >= 15 is 0 Å². The number of carbonyl (C=O) groups excluding carboxylic acids is 1. The van der Waals surface area contributed by atoms with E-state index in [1.807, 2.05) is 11.4 Å². The number of nitrogens with one attached hydrogen (secondary N) is 1. The number of hydrogen-bond donors (Lipinski definition) is 1. The maximum atomic E-state index is 12.6. The molecule has 2 heterocycles. The number of amides is 1. The quantitative estimate of drug-likeness (QED) is 0.788. The van der Waals surface area contributed by atoms with Crippen LogP contribution < -0.4 is 5.32 Å². The first kappa shape index (κ1) is 19.1. The van der Waals surface area contributed by atoms with E-state index in [9.17, 15) is 13.2 Å². The Morgan fingerprint density at radius 1 is 1.08 bits per heavy atom. The Hall–Kier alpha value is -1.70. The van der Waals surface area contributed by atoms with Crippen LogP contribution in [0.25, 0.3) is 0 Å². The summed E-state index contributed by atoms with van der Waals surface area (Å²) in [4.78, 5) is 13.6. The standard InChI is InChI=1S/C19H24N2O3S2/c22-19(20-11-10-17-5-4-14-25-17)15-16-6-8-18(9-7-16)26(23,24)21-12-2-1-3-13-21/h4-9,14H,1-3,10-13,15H2,(H,20,22). The molecule has 7 heteroatoms. The fourth-order valence-electron chi connectivity index (χ4n) is 3.06. The Bertz CT molecular complexity index is 809. The highest BCUT2D eigenvalue weighted by Gasteiger charge is 2.25. The van der Waals surface area contributed by atoms with Crippen LogP contribution in [0, 0.1) is 0 Å². The van der Waals surface area contributed by atoms with Gasteiger partial charge < -0.3 is 5.32 Å². The second kappa shape index (κ2) is 8.79. The first-order chi connectivity index (χ1) is 12.6. The zero-order chi connectivity index (χ0) is 18.4. The molecule has 1 aliphatic heterocycles. The minimum atomic E-state index is -3.41. The van der Waals surface area contributed by atoms with Crippen molar-refractivity contribution < 1.29 is 13.2 Å². The smallest absolute Gasteiger partial charge is 0.243 e. The van der Waals surface area contributed by atoms with Crippen LogP contribution in [-0.4, -0.2) is 38.3 Å². The number of thiophene rings is 1. The fraction of sp³-hybridized carbons (Fsp3) is 0.421. The van der Waals surface area contributed by atoms with Gasteiger partial charge in [0.15, 0.2) is 0 Å². The normalized spacial score (nSPS) is 15.7. The summed E-state index contributed by atoms with van der Waals surface area (Å²) in [5.74, 6) is -0.0480. The number of piperidine rings is 1. The highest BCUT2D eigenvalue weighted by atomic mass is 32.2. The lowest BCUT2D eigenvalue weighted by molar-refractivity contribution is -0.120. The maximum Gasteiger partial charge on any atom is 0.243 e. The van der Waals surface area contributed by atoms with Crippen molar-refractivity contribution in [1.29, 1.82) is 0 Å². The highest BCUT2D eigenvalue weighted by molar-refractivity contribution is 7.89. The molecule has 0 saturated carbocycles. The second-order valence-electron chi connectivity index (χ2n) is 6.46. The number of nitrogens with zero attached hydrogens (tertiary/aromatic N) is 1. The monoisotopic (exact) mass is 392 g/mol. The van der Waals surface area contributed by atoms with Crippen LogP contribution >= 0.6 is 11.3 Å². The Morgan fingerprint density at radius 2 is 1.81 bits per heavy atom. The Kier molecular flexibility index (Phi) is 6.45. The summed E-state index contributed by atoms with van der Waals surface area (Å²) in [7, 11) is -3.41. The van der Waals surface area contributed by atoms with Gasteiger partial charge in [-0.05, 0) is 48.4 Å². The van der Waals surface area contributed by atoms with Crippen LogP contribution in [0.5, 0.6) is 0 Å². The van der Waals surface area contributed by atoms with E-state index in [2.05, 4.69) is 11.4 Å². The van der Waals surface area contributed by atoms with Crippen molar-refractivity contribution in [3.05, 3.63) is 52.2 Å². The van der Waals surface area contributed by atoms with Crippen molar-refractivity contribution in [1.82, 2.24) is 9.62 Å². The molecule has 1 aliphatic rings. The molecule has 1 fully saturated rings. The minimum Gasteiger partial charge on any atom is -0.355 e. The minimum absolute atomic E-state index is 0.0480. The van der Waals surface area contributed by atoms with Crippen LogP contribution in [-0.2, 0) is 27.7 Å². The van der Waals surface area contributed by atoms with E-state index in [1.54, 1.807) is 39.9 Å². The van der Waals surface area contributed by atoms with Crippen LogP contribution in [0.15, 0.2) is 46.7 Å². The van der Waals surface area contributed by atoms with Gasteiger partial charge >= 0.3 is 0 Å². The van der Waals surface area contributed by atoms with Gasteiger partial charge in [0, 0.05) is 24.5 Å². The van der Waals surface area contributed by atoms with Gasteiger partial charge in [-0.25, -0.2) is 8.42 Å². The lowest BCUT2D eigenvalue weighted by atomic mass is 10.1. The largest absolute Gasteiger partial charge is 0.355 e. The molecule has 26 heavy (non-hydrogen) atoms. The topological polar surface area (TPSA) is 66.5 Å². The van der Waals surface area contributed by atoms with Gasteiger partial charge in [-0.15, -0.1) is 11.3 Å². The molecule has 1 aromatic carbocycles. The first-order valence-electron chi connectivity index (χ1n) is 8.94. The summed E-state index contributed by atoms with van der Waals surface area (Å²) < 4.78 is 26.8. The predicted molar refractivity (Wildman–Crippen MR) is 104 cm³/mol. The van der Waals surface area contributed by atoms with Gasteiger partial charge in [0.1, 0.15) is 0 Å². The molecule has 2 aromatic rings. The van der Waals surface area contributed by atoms with Crippen LogP contribution in [0.2, 0.25) is 0 Å². The molecule has 0 aliphatic carbocycles. The molecular weight excluding hydrogens is 368 g/mol. The maximum absolute atomic E-state index is 12.6. The van der Waals surface area contributed by atoms with Crippen molar-refractivity contribution >= 4 is 27.3 Å². The average molecular weight is 393 g/mol. The summed E-state index contributed by atoms with van der Waals surface area (Å²) in [5, 5.41) is 4.93. The molecular formula is C19H24N2O3S2. The van der Waals surface area contributed by atoms with Crippen LogP contribution in [0.1, 0.15) is 29.7 Å². The van der Waals surface area contributed by atoms with Crippen LogP contribution in [0.3, 0.4) is 0 Å². The molecule has 5 nitrogen and oxygen atoms in total. The third-order valence-electron chi connectivity index (χ3n) is 4.51. The molecule has 1 amide bonds. The zero-order valence-electron chi connectivity index (χ0n) is 14.7. The van der Waals surface area contributed by atoms with Gasteiger partial charge in [0.2, 0.25) is 15.9 Å². The molecule has 1 N–H and O–H groups in total. The van der Waals surface area contributed by atoms with Crippen molar-refractivity contribution in [2.45, 2.75) is 37.0 Å². The van der Waals surface area contributed by atoms with E-state index in [0.29, 0.717) is 24.5 Å². The van der Waals surface area contributed by atoms with Crippen molar-refractivity contribution in [3.8, 4) is 0 Å². The van der Waals surface area contributed by atoms with Gasteiger partial charge in [0.25, 0.3) is 0 Å². The number of benzene rings is 1. The van der Waals surface area contributed by atoms with Gasteiger partial charge in [-0.3, -0.25) is 4.79 Å². The summed E-state index contributed by atoms with van der Waals surface area (Å²) in [6, 6.07) is 10.7. The first-order valence-corrected chi connectivity index (χ1v) is 11.3. The van der Waals surface area contributed by atoms with Gasteiger partial charge in [0.05, 0.1) is 11.3 Å². The third-order valence-corrected chi connectivity index (χ3v) is 7.36. The van der Waals surface area contributed by atoms with E-state index in [1.165, 1.54) is 4.88 Å². The molecule has 3 rings (SSSR count). The number of hydrogen-bond acceptors (Lipinski definition) is 4. The molecule has 0 bridgehead atoms. The molecule has 0 atom stereocenters. The van der Waals surface area contributed by atoms with Gasteiger partial charge in [-0.1, -0.05) is 24.6 Å². The SMILES string of the molecule is O=C(Cc1ccc(S(=O)(=O)N2CCCCC2)cc1)NCCc1cccs1. The van der Waals surface area contributed by atoms with E-state index in [0.717, 1.165) is 31.2 Å². The second-order valence-corrected chi connectivity index (χ2v) is 9.43. The third kappa shape index (κ3) is 4.93. The van der Waals surface area contributed by atoms with Crippen molar-refractivity contribution in [2.24, 2.45) is 0 Å². The lowest BCUT2D eigenvalue weighted by Gasteiger charge is -2.25. The number of rotatable bonds is 7. The average Bonchev–Trinajstić information content (AvgIpc) is 3.16. The fourth-order valence-corrected chi connectivity index (χ4v) is 5.29. The summed E-state index contributed by atoms with van der Waals surface area (Å²) in [6.45, 7) is 1.80. The molecule has 0 radical (unpaired) electrons. The highest BCUT2D eigenvalue weighted by Crippen LogP contribution is 2.21. The van der Waals surface area contributed by atoms with E-state index in [-0.39, 0.29) is 12.3 Å². The Balaban J connectivity index is 1.52. The van der Waals surface area contributed by atoms with Crippen molar-refractivity contribution in [2.75, 3.05) is 19.6 Å². The number of carbonyl (C=O) groups is 1. The van der Waals surface area contributed by atoms with Gasteiger partial charge in [-0.2, -0.15) is 4.31 Å². The van der Waals surface area contributed by atoms with E-state index in [4.69, 9.17) is 0 Å². The predicted octanol–water partition coefficient (Wildman–Crippen LogP) is 2.82. The molecule has 0 unspecified atom stereocenters. The zero-order valence-corrected chi connectivity index (χ0v) is 16.3. The van der Waals surface area contributed by atoms with Crippen molar-refractivity contribution in [3.63, 3.8) is 0 Å². The number of sulfonamides is 1. The van der Waals surface area contributed by atoms with E-state index < -0.39 is 10.0 Å². The Labute approximate surface area is 159 Å². The molecule has 0 spiro atoms. The molecule has 140 valence electrons. The summed E-state index contributed by atoms with van der Waals surface area (Å²) >= 11 is 1.68. The Morgan fingerprint density at radius 3 is 2.46 bits per heavy atom. The summed E-state index contributed by atoms with van der Waals surface area (Å²) in [6.07, 6.45) is 4.02. The lowest BCUT2D eigenvalue weighted by Crippen LogP contribution is -2.35. The molecule has 1 saturated heterocycles.